The van der Waals surface area contributed by atoms with Crippen molar-refractivity contribution >= 4 is 39.7 Å². The summed E-state index contributed by atoms with van der Waals surface area (Å²) in [7, 11) is -6.11. The van der Waals surface area contributed by atoms with Crippen LogP contribution >= 0.6 is 12.6 Å². The Balaban J connectivity index is 3.08. The maximum absolute atomic E-state index is 12.4. The zero-order valence-electron chi connectivity index (χ0n) is 14.9. The van der Waals surface area contributed by atoms with E-state index in [1.165, 1.54) is 11.7 Å². The lowest BCUT2D eigenvalue weighted by Crippen LogP contribution is -2.67. The molecule has 12 nitrogen and oxygen atoms in total. The maximum atomic E-state index is 12.4. The van der Waals surface area contributed by atoms with Crippen LogP contribution in [0.5, 0.6) is 0 Å². The number of unbranched alkanes of at least 4 members (excludes halogenated alkanes) is 1. The molecule has 0 bridgehead atoms. The highest BCUT2D eigenvalue weighted by molar-refractivity contribution is 7.84. The van der Waals surface area contributed by atoms with E-state index >= 15 is 0 Å². The number of thiol groups is 1. The number of hydroxylamine groups is 1. The van der Waals surface area contributed by atoms with E-state index in [0.29, 0.717) is 12.2 Å². The predicted molar refractivity (Wildman–Crippen MR) is 98.7 cm³/mol. The number of carbonyl (C=O) groups excluding carboxylic acids is 1. The number of nitrogens with one attached hydrogen (secondary N) is 1. The normalized spacial score (nSPS) is 33.2. The van der Waals surface area contributed by atoms with E-state index in [2.05, 4.69) is 16.9 Å². The van der Waals surface area contributed by atoms with Crippen molar-refractivity contribution in [3.8, 4) is 0 Å². The molecule has 1 amide bonds. The fraction of sp³-hybridized carbons (Fsp3) is 0.923. The first-order valence-corrected chi connectivity index (χ1v) is 11.7. The van der Waals surface area contributed by atoms with Crippen LogP contribution in [0.25, 0.3) is 0 Å². The van der Waals surface area contributed by atoms with Crippen LogP contribution in [0.3, 0.4) is 0 Å². The Hall–Kier alpha value is -0.360. The summed E-state index contributed by atoms with van der Waals surface area (Å²) in [6, 6.07) is 0. The maximum Gasteiger partial charge on any atom is 0.418 e. The van der Waals surface area contributed by atoms with Gasteiger partial charge >= 0.3 is 10.4 Å². The Morgan fingerprint density at radius 2 is 1.93 bits per heavy atom. The largest absolute Gasteiger partial charge is 0.418 e. The minimum atomic E-state index is -5.02. The highest BCUT2D eigenvalue weighted by Gasteiger charge is 2.57. The summed E-state index contributed by atoms with van der Waals surface area (Å²) >= 11 is 4.16. The Morgan fingerprint density at radius 3 is 2.43 bits per heavy atom. The van der Waals surface area contributed by atoms with Gasteiger partial charge in [-0.1, -0.05) is 6.42 Å². The molecule has 1 aliphatic rings. The average Bonchev–Trinajstić information content (AvgIpc) is 2.60. The van der Waals surface area contributed by atoms with Gasteiger partial charge in [0.05, 0.1) is 12.5 Å². The van der Waals surface area contributed by atoms with E-state index in [0.717, 1.165) is 0 Å². The topological polar surface area (TPSA) is 200 Å². The highest BCUT2D eigenvalue weighted by atomic mass is 32.3. The molecule has 7 atom stereocenters. The van der Waals surface area contributed by atoms with Gasteiger partial charge in [0.15, 0.2) is 4.93 Å². The molecule has 0 aromatic rings. The van der Waals surface area contributed by atoms with E-state index < -0.39 is 69.0 Å². The van der Waals surface area contributed by atoms with Gasteiger partial charge in [-0.05, 0) is 12.8 Å². The molecule has 0 spiro atoms. The summed E-state index contributed by atoms with van der Waals surface area (Å²) in [5.41, 5.74) is 1.49. The second kappa shape index (κ2) is 10.6. The minimum absolute atomic E-state index is 0.0839. The lowest BCUT2D eigenvalue weighted by Gasteiger charge is -2.49. The number of amides is 1. The fourth-order valence-corrected chi connectivity index (χ4v) is 4.14. The highest BCUT2D eigenvalue weighted by Crippen LogP contribution is 2.41. The molecule has 1 aliphatic heterocycles. The third kappa shape index (κ3) is 6.86. The average molecular weight is 468 g/mol. The van der Waals surface area contributed by atoms with Crippen LogP contribution in [0.4, 0.5) is 0 Å². The van der Waals surface area contributed by atoms with Crippen LogP contribution < -0.4 is 5.48 Å². The molecule has 0 aromatic heterocycles. The van der Waals surface area contributed by atoms with Crippen LogP contribution in [0.1, 0.15) is 19.3 Å². The van der Waals surface area contributed by atoms with Crippen LogP contribution in [0, 0.1) is 5.92 Å². The standard InChI is InChI=1S/C13H25NO11S3/c1-27(20)5-3-2-4-7(12(19)14-25-28(21,22)23)13(26)11(18)10(17)9(16)8(6-15)24-13/h7-11,15-18,26H,2-6H2,1H3,(H,14,19)(H,21,22,23)/t7?,8-,9-,10+,11-,13+,27?/m1/s1. The molecule has 0 aliphatic carbocycles. The molecule has 0 aromatic carbocycles. The Labute approximate surface area is 170 Å². The first-order chi connectivity index (χ1) is 12.8. The minimum Gasteiger partial charge on any atom is -0.394 e. The van der Waals surface area contributed by atoms with Crippen LogP contribution in [-0.2, 0) is 35.0 Å². The van der Waals surface area contributed by atoms with E-state index in [-0.39, 0.29) is 12.8 Å². The molecule has 166 valence electrons. The second-order valence-electron chi connectivity index (χ2n) is 6.32. The number of ether oxygens (including phenoxy) is 1. The van der Waals surface area contributed by atoms with Crippen molar-refractivity contribution < 1.29 is 51.4 Å². The summed E-state index contributed by atoms with van der Waals surface area (Å²) in [6.07, 6.45) is -4.72. The molecule has 0 saturated carbocycles. The van der Waals surface area contributed by atoms with Gasteiger partial charge in [0.1, 0.15) is 24.4 Å². The number of hydrogen-bond donors (Lipinski definition) is 7. The Morgan fingerprint density at radius 1 is 1.32 bits per heavy atom. The summed E-state index contributed by atoms with van der Waals surface area (Å²) in [5.74, 6) is -2.29. The Kier molecular flexibility index (Phi) is 9.72. The molecule has 2 unspecified atom stereocenters. The van der Waals surface area contributed by atoms with E-state index in [1.807, 2.05) is 0 Å². The summed E-state index contributed by atoms with van der Waals surface area (Å²) < 4.78 is 50.4. The summed E-state index contributed by atoms with van der Waals surface area (Å²) in [4.78, 5) is 10.3. The smallest absolute Gasteiger partial charge is 0.394 e. The van der Waals surface area contributed by atoms with Crippen molar-refractivity contribution in [2.45, 2.75) is 48.6 Å². The second-order valence-corrected chi connectivity index (χ2v) is 9.60. The molecule has 1 heterocycles. The van der Waals surface area contributed by atoms with Crippen LogP contribution in [-0.4, -0.2) is 91.5 Å². The van der Waals surface area contributed by atoms with Gasteiger partial charge in [-0.25, -0.2) is 5.48 Å². The summed E-state index contributed by atoms with van der Waals surface area (Å²) in [5, 5.41) is 39.5. The third-order valence-corrected chi connectivity index (χ3v) is 6.08. The molecule has 0 radical (unpaired) electrons. The van der Waals surface area contributed by atoms with Gasteiger partial charge in [-0.2, -0.15) is 8.42 Å². The zero-order valence-corrected chi connectivity index (χ0v) is 17.4. The van der Waals surface area contributed by atoms with Crippen molar-refractivity contribution in [1.29, 1.82) is 0 Å². The molecular weight excluding hydrogens is 442 g/mol. The molecule has 6 N–H and O–H groups in total. The Bertz CT molecular complexity index is 658. The number of aliphatic hydroxyl groups is 4. The number of hydrogen-bond acceptors (Lipinski definition) is 11. The van der Waals surface area contributed by atoms with E-state index in [4.69, 9.17) is 9.29 Å². The van der Waals surface area contributed by atoms with Crippen molar-refractivity contribution in [1.82, 2.24) is 5.48 Å². The number of aliphatic hydroxyl groups excluding tert-OH is 4. The van der Waals surface area contributed by atoms with Gasteiger partial charge in [-0.3, -0.25) is 13.6 Å². The van der Waals surface area contributed by atoms with Gasteiger partial charge in [0, 0.05) is 22.8 Å². The van der Waals surface area contributed by atoms with Gasteiger partial charge in [0.2, 0.25) is 0 Å². The molecule has 1 rings (SSSR count). The lowest BCUT2D eigenvalue weighted by atomic mass is 9.84. The first-order valence-electron chi connectivity index (χ1n) is 8.14. The molecule has 1 fully saturated rings. The van der Waals surface area contributed by atoms with Crippen molar-refractivity contribution in [2.24, 2.45) is 5.92 Å². The van der Waals surface area contributed by atoms with Gasteiger partial charge in [-0.15, -0.1) is 16.9 Å². The first kappa shape index (κ1) is 25.7. The number of rotatable bonds is 10. The monoisotopic (exact) mass is 467 g/mol. The van der Waals surface area contributed by atoms with E-state index in [1.54, 1.807) is 0 Å². The van der Waals surface area contributed by atoms with Gasteiger partial charge < -0.3 is 25.2 Å². The quantitative estimate of drug-likeness (QED) is 0.0752. The van der Waals surface area contributed by atoms with Crippen molar-refractivity contribution in [3.05, 3.63) is 0 Å². The summed E-state index contributed by atoms with van der Waals surface area (Å²) in [6.45, 7) is -0.766. The number of carbonyl (C=O) groups is 1. The van der Waals surface area contributed by atoms with Crippen LogP contribution in [0.15, 0.2) is 0 Å². The lowest BCUT2D eigenvalue weighted by molar-refractivity contribution is -0.254. The fourth-order valence-electron chi connectivity index (χ4n) is 2.81. The third-order valence-electron chi connectivity index (χ3n) is 4.24. The predicted octanol–water partition coefficient (Wildman–Crippen LogP) is -2.90. The molecular formula is C13H25NO11S3. The molecule has 15 heteroatoms. The van der Waals surface area contributed by atoms with Crippen LogP contribution in [0.2, 0.25) is 0 Å². The van der Waals surface area contributed by atoms with E-state index in [9.17, 15) is 37.8 Å². The molecule has 28 heavy (non-hydrogen) atoms. The zero-order chi connectivity index (χ0) is 21.7. The molecule has 1 saturated heterocycles. The van der Waals surface area contributed by atoms with Gasteiger partial charge in [0.25, 0.3) is 5.91 Å². The SMILES string of the molecule is CS(=O)CCCCC(C(=O)NOS(=O)(=O)O)[C@@]1(S)O[C@H](CO)[C@@H](O)[C@H](O)[C@H]1O. The van der Waals surface area contributed by atoms with Crippen molar-refractivity contribution in [2.75, 3.05) is 18.6 Å². The van der Waals surface area contributed by atoms with Crippen molar-refractivity contribution in [3.63, 3.8) is 0 Å².